The average Bonchev–Trinajstić information content (AvgIpc) is 3.29. The Labute approximate surface area is 158 Å². The maximum atomic E-state index is 12.6. The number of hydrogen-bond donors (Lipinski definition) is 1. The van der Waals surface area contributed by atoms with Gasteiger partial charge in [-0.15, -0.1) is 0 Å². The van der Waals surface area contributed by atoms with Gasteiger partial charge in [-0.05, 0) is 44.0 Å². The van der Waals surface area contributed by atoms with Gasteiger partial charge in [-0.25, -0.2) is 4.98 Å². The van der Waals surface area contributed by atoms with Gasteiger partial charge < -0.3 is 5.32 Å². The van der Waals surface area contributed by atoms with Gasteiger partial charge >= 0.3 is 0 Å². The molecular weight excluding hydrogens is 342 g/mol. The zero-order valence-electron chi connectivity index (χ0n) is 14.9. The number of aromatic nitrogens is 2. The highest BCUT2D eigenvalue weighted by Gasteiger charge is 2.23. The molecular formula is C21H23N3OS. The van der Waals surface area contributed by atoms with Gasteiger partial charge in [0.1, 0.15) is 0 Å². The van der Waals surface area contributed by atoms with Crippen LogP contribution in [0.1, 0.15) is 32.6 Å². The SMILES string of the molecule is CC(Sc1nc2ccccc2n1-c1ccccc1)C(=O)NC1CCCC1. The molecule has 1 heterocycles. The first-order valence-electron chi connectivity index (χ1n) is 9.22. The lowest BCUT2D eigenvalue weighted by Crippen LogP contribution is -2.37. The molecule has 0 aliphatic heterocycles. The smallest absolute Gasteiger partial charge is 0.233 e. The molecule has 2 aromatic carbocycles. The zero-order valence-corrected chi connectivity index (χ0v) is 15.7. The number of carbonyl (C=O) groups excluding carboxylic acids is 1. The van der Waals surface area contributed by atoms with E-state index in [9.17, 15) is 4.79 Å². The largest absolute Gasteiger partial charge is 0.352 e. The van der Waals surface area contributed by atoms with Crippen molar-refractivity contribution in [2.45, 2.75) is 49.1 Å². The second-order valence-corrected chi connectivity index (χ2v) is 8.11. The predicted octanol–water partition coefficient (Wildman–Crippen LogP) is 4.56. The van der Waals surface area contributed by atoms with Gasteiger partial charge in [-0.1, -0.05) is 54.9 Å². The standard InChI is InChI=1S/C21H23N3OS/c1-15(20(25)22-16-9-5-6-10-16)26-21-23-18-13-7-8-14-19(18)24(21)17-11-3-2-4-12-17/h2-4,7-8,11-16H,5-6,9-10H2,1H3,(H,22,25). The molecule has 4 rings (SSSR count). The number of thioether (sulfide) groups is 1. The minimum atomic E-state index is -0.185. The highest BCUT2D eigenvalue weighted by molar-refractivity contribution is 8.00. The third kappa shape index (κ3) is 3.49. The number of imidazole rings is 1. The van der Waals surface area contributed by atoms with Crippen LogP contribution in [0, 0.1) is 0 Å². The molecule has 1 atom stereocenters. The van der Waals surface area contributed by atoms with Crippen LogP contribution in [-0.2, 0) is 4.79 Å². The van der Waals surface area contributed by atoms with Crippen molar-refractivity contribution in [3.63, 3.8) is 0 Å². The second-order valence-electron chi connectivity index (χ2n) is 6.80. The molecule has 0 bridgehead atoms. The normalized spacial score (nSPS) is 16.0. The Hall–Kier alpha value is -2.27. The molecule has 1 fully saturated rings. The predicted molar refractivity (Wildman–Crippen MR) is 107 cm³/mol. The molecule has 0 spiro atoms. The Kier molecular flexibility index (Phi) is 4.98. The molecule has 1 aliphatic carbocycles. The van der Waals surface area contributed by atoms with Crippen LogP contribution in [0.25, 0.3) is 16.7 Å². The summed E-state index contributed by atoms with van der Waals surface area (Å²) in [4.78, 5) is 17.4. The molecule has 1 amide bonds. The van der Waals surface area contributed by atoms with E-state index in [0.29, 0.717) is 6.04 Å². The van der Waals surface area contributed by atoms with Gasteiger partial charge in [0.2, 0.25) is 5.91 Å². The highest BCUT2D eigenvalue weighted by Crippen LogP contribution is 2.30. The number of fused-ring (bicyclic) bond motifs is 1. The Bertz CT molecular complexity index is 900. The van der Waals surface area contributed by atoms with E-state index in [0.717, 1.165) is 34.7 Å². The molecule has 1 aromatic heterocycles. The average molecular weight is 366 g/mol. The summed E-state index contributed by atoms with van der Waals surface area (Å²) in [6, 6.07) is 18.6. The minimum absolute atomic E-state index is 0.105. The number of carbonyl (C=O) groups is 1. The molecule has 1 saturated carbocycles. The van der Waals surface area contributed by atoms with Crippen molar-refractivity contribution in [3.8, 4) is 5.69 Å². The van der Waals surface area contributed by atoms with Crippen LogP contribution in [0.5, 0.6) is 0 Å². The molecule has 0 radical (unpaired) electrons. The Morgan fingerprint density at radius 3 is 2.58 bits per heavy atom. The molecule has 1 N–H and O–H groups in total. The summed E-state index contributed by atoms with van der Waals surface area (Å²) < 4.78 is 2.14. The lowest BCUT2D eigenvalue weighted by Gasteiger charge is -2.17. The number of nitrogens with one attached hydrogen (secondary N) is 1. The Morgan fingerprint density at radius 2 is 1.81 bits per heavy atom. The first kappa shape index (κ1) is 17.2. The minimum Gasteiger partial charge on any atom is -0.352 e. The Balaban J connectivity index is 1.62. The van der Waals surface area contributed by atoms with Crippen molar-refractivity contribution in [2.75, 3.05) is 0 Å². The lowest BCUT2D eigenvalue weighted by molar-refractivity contribution is -0.120. The number of benzene rings is 2. The summed E-state index contributed by atoms with van der Waals surface area (Å²) in [7, 11) is 0. The summed E-state index contributed by atoms with van der Waals surface area (Å²) in [6.07, 6.45) is 4.64. The summed E-state index contributed by atoms with van der Waals surface area (Å²) in [5.41, 5.74) is 3.07. The number of hydrogen-bond acceptors (Lipinski definition) is 3. The zero-order chi connectivity index (χ0) is 17.9. The number of amides is 1. The van der Waals surface area contributed by atoms with Crippen LogP contribution in [0.3, 0.4) is 0 Å². The summed E-state index contributed by atoms with van der Waals surface area (Å²) in [5.74, 6) is 0.105. The van der Waals surface area contributed by atoms with Gasteiger partial charge in [0.15, 0.2) is 5.16 Å². The topological polar surface area (TPSA) is 46.9 Å². The van der Waals surface area contributed by atoms with Crippen LogP contribution in [0.4, 0.5) is 0 Å². The van der Waals surface area contributed by atoms with Crippen molar-refractivity contribution in [1.29, 1.82) is 0 Å². The maximum absolute atomic E-state index is 12.6. The number of nitrogens with zero attached hydrogens (tertiary/aromatic N) is 2. The van der Waals surface area contributed by atoms with E-state index in [1.165, 1.54) is 24.6 Å². The summed E-state index contributed by atoms with van der Waals surface area (Å²) in [6.45, 7) is 1.96. The van der Waals surface area contributed by atoms with Crippen LogP contribution in [0.2, 0.25) is 0 Å². The fourth-order valence-corrected chi connectivity index (χ4v) is 4.46. The molecule has 26 heavy (non-hydrogen) atoms. The molecule has 4 nitrogen and oxygen atoms in total. The van der Waals surface area contributed by atoms with E-state index in [-0.39, 0.29) is 11.2 Å². The van der Waals surface area contributed by atoms with Crippen molar-refractivity contribution in [1.82, 2.24) is 14.9 Å². The first-order valence-corrected chi connectivity index (χ1v) is 10.1. The van der Waals surface area contributed by atoms with E-state index in [4.69, 9.17) is 4.98 Å². The van der Waals surface area contributed by atoms with Gasteiger partial charge in [0.25, 0.3) is 0 Å². The van der Waals surface area contributed by atoms with Gasteiger partial charge in [0, 0.05) is 11.7 Å². The van der Waals surface area contributed by atoms with E-state index in [1.807, 2.05) is 43.3 Å². The van der Waals surface area contributed by atoms with Crippen LogP contribution in [-0.4, -0.2) is 26.8 Å². The van der Waals surface area contributed by atoms with E-state index >= 15 is 0 Å². The summed E-state index contributed by atoms with van der Waals surface area (Å²) >= 11 is 1.52. The fourth-order valence-electron chi connectivity index (χ4n) is 3.51. The van der Waals surface area contributed by atoms with E-state index in [2.05, 4.69) is 28.1 Å². The van der Waals surface area contributed by atoms with Crippen molar-refractivity contribution >= 4 is 28.7 Å². The summed E-state index contributed by atoms with van der Waals surface area (Å²) in [5, 5.41) is 3.86. The van der Waals surface area contributed by atoms with Gasteiger partial charge in [-0.3, -0.25) is 9.36 Å². The van der Waals surface area contributed by atoms with Crippen molar-refractivity contribution < 1.29 is 4.79 Å². The molecule has 1 aliphatic rings. The van der Waals surface area contributed by atoms with Gasteiger partial charge in [0.05, 0.1) is 16.3 Å². The monoisotopic (exact) mass is 365 g/mol. The van der Waals surface area contributed by atoms with E-state index < -0.39 is 0 Å². The van der Waals surface area contributed by atoms with Crippen LogP contribution >= 0.6 is 11.8 Å². The van der Waals surface area contributed by atoms with Crippen LogP contribution in [0.15, 0.2) is 59.8 Å². The number of rotatable bonds is 5. The molecule has 0 saturated heterocycles. The second kappa shape index (κ2) is 7.54. The van der Waals surface area contributed by atoms with E-state index in [1.54, 1.807) is 0 Å². The number of para-hydroxylation sites is 3. The molecule has 1 unspecified atom stereocenters. The molecule has 3 aromatic rings. The molecule has 134 valence electrons. The first-order chi connectivity index (χ1) is 12.7. The highest BCUT2D eigenvalue weighted by atomic mass is 32.2. The quantitative estimate of drug-likeness (QED) is 0.674. The lowest BCUT2D eigenvalue weighted by atomic mass is 10.2. The molecule has 5 heteroatoms. The third-order valence-electron chi connectivity index (χ3n) is 4.90. The van der Waals surface area contributed by atoms with Gasteiger partial charge in [-0.2, -0.15) is 0 Å². The van der Waals surface area contributed by atoms with Crippen molar-refractivity contribution in [3.05, 3.63) is 54.6 Å². The van der Waals surface area contributed by atoms with Crippen molar-refractivity contribution in [2.24, 2.45) is 0 Å². The third-order valence-corrected chi connectivity index (χ3v) is 5.95. The fraction of sp³-hybridized carbons (Fsp3) is 0.333. The van der Waals surface area contributed by atoms with Crippen LogP contribution < -0.4 is 5.32 Å². The maximum Gasteiger partial charge on any atom is 0.233 e. The Morgan fingerprint density at radius 1 is 1.12 bits per heavy atom.